The molecule has 1 atom stereocenters. The predicted octanol–water partition coefficient (Wildman–Crippen LogP) is 3.23. The molecule has 1 aromatic heterocycles. The van der Waals surface area contributed by atoms with Crippen LogP contribution in [0.3, 0.4) is 0 Å². The zero-order valence-electron chi connectivity index (χ0n) is 8.05. The van der Waals surface area contributed by atoms with E-state index in [1.807, 2.05) is 24.4 Å². The van der Waals surface area contributed by atoms with E-state index in [2.05, 4.69) is 11.9 Å². The Morgan fingerprint density at radius 1 is 1.43 bits per heavy atom. The number of hydrogen-bond acceptors (Lipinski definition) is 1. The van der Waals surface area contributed by atoms with Crippen LogP contribution < -0.4 is 5.73 Å². The number of rotatable bonds is 2. The van der Waals surface area contributed by atoms with Crippen LogP contribution in [0, 0.1) is 0 Å². The van der Waals surface area contributed by atoms with Gasteiger partial charge in [0, 0.05) is 23.1 Å². The molecule has 0 saturated carbocycles. The summed E-state index contributed by atoms with van der Waals surface area (Å²) < 4.78 is 0. The molecule has 0 fully saturated rings. The van der Waals surface area contributed by atoms with Crippen molar-refractivity contribution in [2.75, 3.05) is 0 Å². The van der Waals surface area contributed by atoms with Gasteiger partial charge < -0.3 is 10.7 Å². The van der Waals surface area contributed by atoms with Crippen LogP contribution in [0.5, 0.6) is 0 Å². The zero-order chi connectivity index (χ0) is 10.1. The maximum atomic E-state index is 6.26. The summed E-state index contributed by atoms with van der Waals surface area (Å²) in [6.45, 7) is 2.06. The van der Waals surface area contributed by atoms with Crippen LogP contribution in [0.2, 0.25) is 5.02 Å². The molecule has 3 N–H and O–H groups in total. The quantitative estimate of drug-likeness (QED) is 0.782. The summed E-state index contributed by atoms with van der Waals surface area (Å²) in [6, 6.07) is 6.02. The molecule has 0 aliphatic heterocycles. The van der Waals surface area contributed by atoms with Crippen LogP contribution in [-0.2, 0) is 0 Å². The van der Waals surface area contributed by atoms with Gasteiger partial charge in [0.2, 0.25) is 0 Å². The number of nitrogens with one attached hydrogen (secondary N) is 1. The maximum Gasteiger partial charge on any atom is 0.0547 e. The standard InChI is InChI=1S/C11H13ClN2/c1-2-9(13)7-3-4-10-8(11(7)12)5-6-14-10/h3-6,9,14H,2,13H2,1H3. The van der Waals surface area contributed by atoms with E-state index in [-0.39, 0.29) is 6.04 Å². The summed E-state index contributed by atoms with van der Waals surface area (Å²) >= 11 is 6.26. The fraction of sp³-hybridized carbons (Fsp3) is 0.273. The lowest BCUT2D eigenvalue weighted by atomic mass is 10.0. The fourth-order valence-electron chi connectivity index (χ4n) is 1.62. The highest BCUT2D eigenvalue weighted by Gasteiger charge is 2.10. The molecular weight excluding hydrogens is 196 g/mol. The Kier molecular flexibility index (Phi) is 2.48. The molecule has 1 unspecified atom stereocenters. The largest absolute Gasteiger partial charge is 0.361 e. The van der Waals surface area contributed by atoms with E-state index in [0.29, 0.717) is 0 Å². The minimum Gasteiger partial charge on any atom is -0.361 e. The van der Waals surface area contributed by atoms with Gasteiger partial charge in [-0.2, -0.15) is 0 Å². The lowest BCUT2D eigenvalue weighted by Gasteiger charge is -2.11. The highest BCUT2D eigenvalue weighted by molar-refractivity contribution is 6.36. The number of hydrogen-bond donors (Lipinski definition) is 2. The first-order valence-electron chi connectivity index (χ1n) is 4.75. The average molecular weight is 209 g/mol. The van der Waals surface area contributed by atoms with Gasteiger partial charge in [-0.1, -0.05) is 24.6 Å². The van der Waals surface area contributed by atoms with Gasteiger partial charge in [0.15, 0.2) is 0 Å². The number of halogens is 1. The number of H-pyrrole nitrogens is 1. The summed E-state index contributed by atoms with van der Waals surface area (Å²) in [5, 5.41) is 1.83. The third-order valence-corrected chi connectivity index (χ3v) is 2.96. The molecular formula is C11H13ClN2. The number of fused-ring (bicyclic) bond motifs is 1. The van der Waals surface area contributed by atoms with Gasteiger partial charge in [-0.25, -0.2) is 0 Å². The molecule has 0 spiro atoms. The zero-order valence-corrected chi connectivity index (χ0v) is 8.81. The van der Waals surface area contributed by atoms with Crippen LogP contribution in [0.15, 0.2) is 24.4 Å². The van der Waals surface area contributed by atoms with Crippen LogP contribution in [0.4, 0.5) is 0 Å². The molecule has 0 radical (unpaired) electrons. The van der Waals surface area contributed by atoms with Crippen molar-refractivity contribution >= 4 is 22.5 Å². The highest BCUT2D eigenvalue weighted by Crippen LogP contribution is 2.30. The molecule has 3 heteroatoms. The Labute approximate surface area is 88.1 Å². The molecule has 14 heavy (non-hydrogen) atoms. The first kappa shape index (κ1) is 9.56. The summed E-state index contributed by atoms with van der Waals surface area (Å²) in [5.41, 5.74) is 8.05. The van der Waals surface area contributed by atoms with Gasteiger partial charge >= 0.3 is 0 Å². The smallest absolute Gasteiger partial charge is 0.0547 e. The Bertz CT molecular complexity index is 447. The third-order valence-electron chi connectivity index (χ3n) is 2.54. The molecule has 1 heterocycles. The number of aromatic amines is 1. The number of nitrogens with two attached hydrogens (primary N) is 1. The van der Waals surface area contributed by atoms with E-state index in [1.165, 1.54) is 0 Å². The van der Waals surface area contributed by atoms with Gasteiger partial charge in [0.1, 0.15) is 0 Å². The number of benzene rings is 1. The van der Waals surface area contributed by atoms with Gasteiger partial charge in [-0.3, -0.25) is 0 Å². The summed E-state index contributed by atoms with van der Waals surface area (Å²) in [5.74, 6) is 0. The first-order valence-corrected chi connectivity index (χ1v) is 5.13. The van der Waals surface area contributed by atoms with Crippen LogP contribution in [-0.4, -0.2) is 4.98 Å². The normalized spacial score (nSPS) is 13.4. The van der Waals surface area contributed by atoms with E-state index in [4.69, 9.17) is 17.3 Å². The fourth-order valence-corrected chi connectivity index (χ4v) is 1.99. The summed E-state index contributed by atoms with van der Waals surface area (Å²) in [6.07, 6.45) is 2.79. The van der Waals surface area contributed by atoms with Crippen molar-refractivity contribution < 1.29 is 0 Å². The Balaban J connectivity index is 2.61. The molecule has 2 rings (SSSR count). The second kappa shape index (κ2) is 3.64. The van der Waals surface area contributed by atoms with Crippen molar-refractivity contribution in [3.63, 3.8) is 0 Å². The molecule has 1 aromatic carbocycles. The van der Waals surface area contributed by atoms with Crippen molar-refractivity contribution in [3.05, 3.63) is 35.0 Å². The molecule has 2 aromatic rings. The maximum absolute atomic E-state index is 6.26. The Hall–Kier alpha value is -0.990. The molecule has 0 bridgehead atoms. The summed E-state index contributed by atoms with van der Waals surface area (Å²) in [4.78, 5) is 3.12. The van der Waals surface area contributed by atoms with Gasteiger partial charge in [-0.15, -0.1) is 0 Å². The van der Waals surface area contributed by atoms with Crippen molar-refractivity contribution in [1.29, 1.82) is 0 Å². The minimum atomic E-state index is 0.0294. The van der Waals surface area contributed by atoms with Gasteiger partial charge in [0.25, 0.3) is 0 Å². The van der Waals surface area contributed by atoms with Gasteiger partial charge in [-0.05, 0) is 24.1 Å². The average Bonchev–Trinajstić information content (AvgIpc) is 2.66. The molecule has 0 aliphatic rings. The predicted molar refractivity (Wildman–Crippen MR) is 60.5 cm³/mol. The molecule has 74 valence electrons. The Morgan fingerprint density at radius 3 is 2.93 bits per heavy atom. The number of aromatic nitrogens is 1. The van der Waals surface area contributed by atoms with Crippen LogP contribution in [0.1, 0.15) is 24.9 Å². The second-order valence-electron chi connectivity index (χ2n) is 3.42. The monoisotopic (exact) mass is 208 g/mol. The molecule has 2 nitrogen and oxygen atoms in total. The van der Waals surface area contributed by atoms with E-state index < -0.39 is 0 Å². The minimum absolute atomic E-state index is 0.0294. The van der Waals surface area contributed by atoms with Crippen molar-refractivity contribution in [3.8, 4) is 0 Å². The highest BCUT2D eigenvalue weighted by atomic mass is 35.5. The van der Waals surface area contributed by atoms with Gasteiger partial charge in [0.05, 0.1) is 5.02 Å². The van der Waals surface area contributed by atoms with Crippen LogP contribution in [0.25, 0.3) is 10.9 Å². The van der Waals surface area contributed by atoms with E-state index in [0.717, 1.165) is 27.9 Å². The van der Waals surface area contributed by atoms with E-state index in [9.17, 15) is 0 Å². The molecule has 0 aliphatic carbocycles. The first-order chi connectivity index (χ1) is 6.74. The van der Waals surface area contributed by atoms with Crippen molar-refractivity contribution in [2.45, 2.75) is 19.4 Å². The molecule has 0 saturated heterocycles. The molecule has 0 amide bonds. The second-order valence-corrected chi connectivity index (χ2v) is 3.80. The van der Waals surface area contributed by atoms with E-state index >= 15 is 0 Å². The van der Waals surface area contributed by atoms with Crippen molar-refractivity contribution in [1.82, 2.24) is 4.98 Å². The Morgan fingerprint density at radius 2 is 2.21 bits per heavy atom. The third kappa shape index (κ3) is 1.41. The van der Waals surface area contributed by atoms with Crippen molar-refractivity contribution in [2.24, 2.45) is 5.73 Å². The summed E-state index contributed by atoms with van der Waals surface area (Å²) in [7, 11) is 0. The lowest BCUT2D eigenvalue weighted by molar-refractivity contribution is 0.700. The van der Waals surface area contributed by atoms with Crippen LogP contribution >= 0.6 is 11.6 Å². The van der Waals surface area contributed by atoms with E-state index in [1.54, 1.807) is 0 Å². The SMILES string of the molecule is CCC(N)c1ccc2[nH]ccc2c1Cl. The lowest BCUT2D eigenvalue weighted by Crippen LogP contribution is -2.09. The topological polar surface area (TPSA) is 41.8 Å².